The molecule has 108 valence electrons. The first kappa shape index (κ1) is 14.8. The second-order valence-electron chi connectivity index (χ2n) is 4.94. The number of hydrogen-bond donors (Lipinski definition) is 1. The average molecular weight is 296 g/mol. The van der Waals surface area contributed by atoms with Crippen LogP contribution in [0.2, 0.25) is 5.15 Å². The van der Waals surface area contributed by atoms with E-state index in [1.165, 1.54) is 0 Å². The molecule has 2 heterocycles. The zero-order valence-electron chi connectivity index (χ0n) is 11.6. The predicted octanol–water partition coefficient (Wildman–Crippen LogP) is 1.78. The summed E-state index contributed by atoms with van der Waals surface area (Å²) in [6.45, 7) is 2.38. The van der Waals surface area contributed by atoms with E-state index < -0.39 is 6.04 Å². The summed E-state index contributed by atoms with van der Waals surface area (Å²) in [4.78, 5) is 30.2. The van der Waals surface area contributed by atoms with Crippen molar-refractivity contribution >= 4 is 23.4 Å². The van der Waals surface area contributed by atoms with E-state index in [4.69, 9.17) is 11.6 Å². The number of likely N-dealkylation sites (N-methyl/N-ethyl adjacent to an activating group) is 1. The number of likely N-dealkylation sites (tertiary alicyclic amines) is 1. The molecule has 1 atom stereocenters. The molecular formula is C14H18ClN3O2. The van der Waals surface area contributed by atoms with Crippen molar-refractivity contribution in [2.24, 2.45) is 0 Å². The monoisotopic (exact) mass is 295 g/mol. The number of pyridine rings is 1. The van der Waals surface area contributed by atoms with Gasteiger partial charge in [-0.05, 0) is 38.3 Å². The largest absolute Gasteiger partial charge is 0.357 e. The summed E-state index contributed by atoms with van der Waals surface area (Å²) < 4.78 is 0. The Hall–Kier alpha value is -1.62. The number of amides is 2. The molecule has 1 N–H and O–H groups in total. The van der Waals surface area contributed by atoms with Gasteiger partial charge in [0.05, 0.1) is 0 Å². The number of carbonyl (C=O) groups excluding carboxylic acids is 2. The molecule has 2 amide bonds. The predicted molar refractivity (Wildman–Crippen MR) is 76.7 cm³/mol. The second-order valence-corrected chi connectivity index (χ2v) is 5.33. The summed E-state index contributed by atoms with van der Waals surface area (Å²) in [7, 11) is 1.59. The lowest BCUT2D eigenvalue weighted by atomic mass is 10.00. The van der Waals surface area contributed by atoms with E-state index >= 15 is 0 Å². The molecule has 2 rings (SSSR count). The number of rotatable bonds is 2. The molecule has 0 saturated carbocycles. The van der Waals surface area contributed by atoms with E-state index in [1.807, 2.05) is 0 Å². The molecule has 0 spiro atoms. The molecule has 1 fully saturated rings. The Morgan fingerprint density at radius 2 is 2.15 bits per heavy atom. The van der Waals surface area contributed by atoms with Crippen LogP contribution in [0.15, 0.2) is 12.1 Å². The van der Waals surface area contributed by atoms with Gasteiger partial charge >= 0.3 is 0 Å². The third-order valence-electron chi connectivity index (χ3n) is 3.48. The van der Waals surface area contributed by atoms with Crippen molar-refractivity contribution in [2.75, 3.05) is 13.6 Å². The molecule has 0 radical (unpaired) electrons. The van der Waals surface area contributed by atoms with Crippen molar-refractivity contribution in [3.05, 3.63) is 28.5 Å². The first-order chi connectivity index (χ1) is 9.52. The molecule has 20 heavy (non-hydrogen) atoms. The van der Waals surface area contributed by atoms with Crippen molar-refractivity contribution in [1.29, 1.82) is 0 Å². The Balaban J connectivity index is 2.27. The standard InChI is InChI=1S/C14H18ClN3O2/c1-9-7-10(8-12(15)17-9)14(20)18-6-4-3-5-11(18)13(19)16-2/h7-8,11H,3-6H2,1-2H3,(H,16,19). The highest BCUT2D eigenvalue weighted by atomic mass is 35.5. The molecule has 0 aromatic carbocycles. The summed E-state index contributed by atoms with van der Waals surface area (Å²) in [5, 5.41) is 2.92. The minimum Gasteiger partial charge on any atom is -0.357 e. The fourth-order valence-electron chi connectivity index (χ4n) is 2.53. The highest BCUT2D eigenvalue weighted by molar-refractivity contribution is 6.29. The van der Waals surface area contributed by atoms with Gasteiger partial charge in [-0.2, -0.15) is 0 Å². The molecule has 0 bridgehead atoms. The maximum absolute atomic E-state index is 12.6. The number of halogens is 1. The fraction of sp³-hybridized carbons (Fsp3) is 0.500. The van der Waals surface area contributed by atoms with Crippen molar-refractivity contribution in [2.45, 2.75) is 32.2 Å². The van der Waals surface area contributed by atoms with Crippen LogP contribution >= 0.6 is 11.6 Å². The molecule has 1 aliphatic heterocycles. The topological polar surface area (TPSA) is 62.3 Å². The lowest BCUT2D eigenvalue weighted by Crippen LogP contribution is -2.51. The average Bonchev–Trinajstić information content (AvgIpc) is 2.44. The van der Waals surface area contributed by atoms with Crippen LogP contribution in [0.25, 0.3) is 0 Å². The summed E-state index contributed by atoms with van der Waals surface area (Å²) in [6, 6.07) is 2.85. The van der Waals surface area contributed by atoms with Crippen LogP contribution in [0.1, 0.15) is 35.3 Å². The third-order valence-corrected chi connectivity index (χ3v) is 3.68. The zero-order valence-corrected chi connectivity index (χ0v) is 12.4. The van der Waals surface area contributed by atoms with Gasteiger partial charge in [-0.3, -0.25) is 9.59 Å². The smallest absolute Gasteiger partial charge is 0.254 e. The molecule has 1 aliphatic rings. The van der Waals surface area contributed by atoms with Gasteiger partial charge in [0.1, 0.15) is 11.2 Å². The SMILES string of the molecule is CNC(=O)C1CCCCN1C(=O)c1cc(C)nc(Cl)c1. The number of nitrogens with zero attached hydrogens (tertiary/aromatic N) is 2. The molecule has 5 nitrogen and oxygen atoms in total. The van der Waals surface area contributed by atoms with Crippen LogP contribution in [0.3, 0.4) is 0 Å². The van der Waals surface area contributed by atoms with E-state index in [-0.39, 0.29) is 11.8 Å². The Bertz CT molecular complexity index is 513. The van der Waals surface area contributed by atoms with Crippen LogP contribution in [-0.4, -0.2) is 41.3 Å². The minimum absolute atomic E-state index is 0.116. The number of hydrogen-bond acceptors (Lipinski definition) is 3. The maximum atomic E-state index is 12.6. The minimum atomic E-state index is -0.395. The quantitative estimate of drug-likeness (QED) is 0.846. The first-order valence-corrected chi connectivity index (χ1v) is 7.07. The van der Waals surface area contributed by atoms with E-state index in [0.717, 1.165) is 12.8 Å². The number of aromatic nitrogens is 1. The van der Waals surface area contributed by atoms with E-state index in [9.17, 15) is 9.59 Å². The lowest BCUT2D eigenvalue weighted by Gasteiger charge is -2.34. The van der Waals surface area contributed by atoms with Crippen LogP contribution in [0.5, 0.6) is 0 Å². The van der Waals surface area contributed by atoms with E-state index in [0.29, 0.717) is 29.4 Å². The van der Waals surface area contributed by atoms with Crippen LogP contribution < -0.4 is 5.32 Å². The van der Waals surface area contributed by atoms with Crippen molar-refractivity contribution < 1.29 is 9.59 Å². The lowest BCUT2D eigenvalue weighted by molar-refractivity contribution is -0.126. The Morgan fingerprint density at radius 1 is 1.40 bits per heavy atom. The van der Waals surface area contributed by atoms with Crippen molar-refractivity contribution in [1.82, 2.24) is 15.2 Å². The summed E-state index contributed by atoms with van der Waals surface area (Å²) in [5.41, 5.74) is 1.17. The highest BCUT2D eigenvalue weighted by Gasteiger charge is 2.32. The van der Waals surface area contributed by atoms with E-state index in [1.54, 1.807) is 31.0 Å². The number of piperidine rings is 1. The molecule has 1 aromatic rings. The van der Waals surface area contributed by atoms with Crippen molar-refractivity contribution in [3.8, 4) is 0 Å². The molecular weight excluding hydrogens is 278 g/mol. The van der Waals surface area contributed by atoms with E-state index in [2.05, 4.69) is 10.3 Å². The first-order valence-electron chi connectivity index (χ1n) is 6.69. The van der Waals surface area contributed by atoms with Gasteiger partial charge in [-0.15, -0.1) is 0 Å². The number of carbonyl (C=O) groups is 2. The Morgan fingerprint density at radius 3 is 2.80 bits per heavy atom. The van der Waals surface area contributed by atoms with Gasteiger partial charge in [0.25, 0.3) is 5.91 Å². The van der Waals surface area contributed by atoms with Crippen molar-refractivity contribution in [3.63, 3.8) is 0 Å². The van der Waals surface area contributed by atoms with Crippen LogP contribution in [0, 0.1) is 6.92 Å². The number of nitrogens with one attached hydrogen (secondary N) is 1. The van der Waals surface area contributed by atoms with Crippen LogP contribution in [-0.2, 0) is 4.79 Å². The summed E-state index contributed by atoms with van der Waals surface area (Å²) >= 11 is 5.90. The molecule has 1 saturated heterocycles. The Labute approximate surface area is 123 Å². The molecule has 1 unspecified atom stereocenters. The van der Waals surface area contributed by atoms with Gasteiger partial charge < -0.3 is 10.2 Å². The van der Waals surface area contributed by atoms with Gasteiger partial charge in [0.2, 0.25) is 5.91 Å². The second kappa shape index (κ2) is 6.22. The van der Waals surface area contributed by atoms with Gasteiger partial charge in [0.15, 0.2) is 0 Å². The van der Waals surface area contributed by atoms with Gasteiger partial charge in [-0.1, -0.05) is 11.6 Å². The summed E-state index contributed by atoms with van der Waals surface area (Å²) in [5.74, 6) is -0.277. The fourth-order valence-corrected chi connectivity index (χ4v) is 2.78. The molecule has 6 heteroatoms. The zero-order chi connectivity index (χ0) is 14.7. The molecule has 1 aromatic heterocycles. The molecule has 0 aliphatic carbocycles. The summed E-state index contributed by atoms with van der Waals surface area (Å²) in [6.07, 6.45) is 2.57. The normalized spacial score (nSPS) is 18.8. The van der Waals surface area contributed by atoms with Crippen LogP contribution in [0.4, 0.5) is 0 Å². The highest BCUT2D eigenvalue weighted by Crippen LogP contribution is 2.21. The van der Waals surface area contributed by atoms with Gasteiger partial charge in [0, 0.05) is 24.8 Å². The maximum Gasteiger partial charge on any atom is 0.254 e. The number of aryl methyl sites for hydroxylation is 1. The third kappa shape index (κ3) is 3.10. The van der Waals surface area contributed by atoms with Gasteiger partial charge in [-0.25, -0.2) is 4.98 Å². The Kier molecular flexibility index (Phi) is 4.60.